The first-order chi connectivity index (χ1) is 9.74. The van der Waals surface area contributed by atoms with Crippen LogP contribution in [0.2, 0.25) is 0 Å². The number of hydrogen-bond acceptors (Lipinski definition) is 5. The van der Waals surface area contributed by atoms with Gasteiger partial charge in [0.25, 0.3) is 0 Å². The van der Waals surface area contributed by atoms with Crippen LogP contribution in [0.4, 0.5) is 4.79 Å². The van der Waals surface area contributed by atoms with Crippen LogP contribution in [-0.4, -0.2) is 48.4 Å². The topological polar surface area (TPSA) is 74.9 Å². The number of ether oxygens (including phenoxy) is 1. The summed E-state index contributed by atoms with van der Waals surface area (Å²) in [6.07, 6.45) is 3.05. The van der Waals surface area contributed by atoms with Gasteiger partial charge in [0.1, 0.15) is 5.76 Å². The van der Waals surface area contributed by atoms with Crippen molar-refractivity contribution in [2.45, 2.75) is 31.8 Å². The summed E-state index contributed by atoms with van der Waals surface area (Å²) in [7, 11) is 0. The fraction of sp³-hybridized carbons (Fsp3) is 0.643. The normalized spacial score (nSPS) is 18.0. The zero-order valence-corrected chi connectivity index (χ0v) is 11.7. The number of furan rings is 1. The molecular formula is C14H22N2O4. The summed E-state index contributed by atoms with van der Waals surface area (Å²) in [5.74, 6) is 0.736. The Kier molecular flexibility index (Phi) is 5.43. The summed E-state index contributed by atoms with van der Waals surface area (Å²) in [6, 6.07) is 3.73. The van der Waals surface area contributed by atoms with Gasteiger partial charge < -0.3 is 24.5 Å². The summed E-state index contributed by atoms with van der Waals surface area (Å²) in [5.41, 5.74) is 0. The van der Waals surface area contributed by atoms with Crippen molar-refractivity contribution in [2.75, 3.05) is 26.3 Å². The van der Waals surface area contributed by atoms with Crippen LogP contribution in [-0.2, 0) is 4.74 Å². The molecule has 6 nitrogen and oxygen atoms in total. The number of hydrogen-bond donors (Lipinski definition) is 2. The summed E-state index contributed by atoms with van der Waals surface area (Å²) < 4.78 is 10.3. The van der Waals surface area contributed by atoms with Gasteiger partial charge in [-0.25, -0.2) is 4.79 Å². The molecule has 20 heavy (non-hydrogen) atoms. The largest absolute Gasteiger partial charge is 0.468 e. The van der Waals surface area contributed by atoms with E-state index >= 15 is 0 Å². The van der Waals surface area contributed by atoms with Crippen LogP contribution in [0.25, 0.3) is 0 Å². The molecule has 112 valence electrons. The number of amides is 1. The Hall–Kier alpha value is -1.53. The lowest BCUT2D eigenvalue weighted by Crippen LogP contribution is -2.46. The third-order valence-electron chi connectivity index (χ3n) is 3.53. The minimum Gasteiger partial charge on any atom is -0.468 e. The number of nitrogens with one attached hydrogen (secondary N) is 1. The molecular weight excluding hydrogens is 260 g/mol. The van der Waals surface area contributed by atoms with E-state index in [0.29, 0.717) is 19.7 Å². The van der Waals surface area contributed by atoms with Crippen molar-refractivity contribution < 1.29 is 19.1 Å². The van der Waals surface area contributed by atoms with Crippen LogP contribution in [0.5, 0.6) is 0 Å². The number of rotatable bonds is 5. The molecule has 2 rings (SSSR count). The van der Waals surface area contributed by atoms with Crippen LogP contribution in [0, 0.1) is 0 Å². The molecule has 1 amide bonds. The number of aliphatic hydroxyl groups excluding tert-OH is 1. The average Bonchev–Trinajstić information content (AvgIpc) is 2.99. The highest BCUT2D eigenvalue weighted by Gasteiger charge is 2.26. The van der Waals surface area contributed by atoms with E-state index in [4.69, 9.17) is 9.15 Å². The van der Waals surface area contributed by atoms with Gasteiger partial charge in [-0.3, -0.25) is 0 Å². The third kappa shape index (κ3) is 3.74. The Morgan fingerprint density at radius 1 is 1.60 bits per heavy atom. The van der Waals surface area contributed by atoms with Gasteiger partial charge in [0.2, 0.25) is 0 Å². The van der Waals surface area contributed by atoms with Gasteiger partial charge in [-0.2, -0.15) is 0 Å². The first-order valence-corrected chi connectivity index (χ1v) is 7.06. The third-order valence-corrected chi connectivity index (χ3v) is 3.53. The van der Waals surface area contributed by atoms with Crippen molar-refractivity contribution in [1.82, 2.24) is 10.2 Å². The van der Waals surface area contributed by atoms with E-state index in [9.17, 15) is 9.90 Å². The van der Waals surface area contributed by atoms with E-state index in [1.54, 1.807) is 18.1 Å². The lowest BCUT2D eigenvalue weighted by molar-refractivity contribution is 0.0922. The molecule has 0 bridgehead atoms. The van der Waals surface area contributed by atoms with Gasteiger partial charge in [-0.15, -0.1) is 0 Å². The smallest absolute Gasteiger partial charge is 0.409 e. The van der Waals surface area contributed by atoms with Gasteiger partial charge in [-0.1, -0.05) is 0 Å². The first-order valence-electron chi connectivity index (χ1n) is 7.06. The molecule has 0 aliphatic carbocycles. The molecule has 0 radical (unpaired) electrons. The van der Waals surface area contributed by atoms with E-state index in [1.165, 1.54) is 0 Å². The zero-order chi connectivity index (χ0) is 14.4. The molecule has 1 unspecified atom stereocenters. The maximum atomic E-state index is 11.6. The highest BCUT2D eigenvalue weighted by Crippen LogP contribution is 2.18. The van der Waals surface area contributed by atoms with E-state index in [1.807, 2.05) is 12.1 Å². The molecule has 1 fully saturated rings. The van der Waals surface area contributed by atoms with E-state index < -0.39 is 0 Å². The Morgan fingerprint density at radius 3 is 2.90 bits per heavy atom. The van der Waals surface area contributed by atoms with Gasteiger partial charge >= 0.3 is 6.09 Å². The maximum absolute atomic E-state index is 11.6. The number of carbonyl (C=O) groups excluding carboxylic acids is 1. The molecule has 2 heterocycles. The minimum absolute atomic E-state index is 0.00833. The molecule has 1 atom stereocenters. The number of aliphatic hydroxyl groups is 1. The maximum Gasteiger partial charge on any atom is 0.409 e. The van der Waals surface area contributed by atoms with Crippen molar-refractivity contribution in [3.05, 3.63) is 24.2 Å². The zero-order valence-electron chi connectivity index (χ0n) is 11.7. The average molecular weight is 282 g/mol. The van der Waals surface area contributed by atoms with Crippen LogP contribution < -0.4 is 5.32 Å². The van der Waals surface area contributed by atoms with Crippen molar-refractivity contribution >= 4 is 6.09 Å². The number of carbonyl (C=O) groups is 1. The van der Waals surface area contributed by atoms with Gasteiger partial charge in [0.05, 0.1) is 25.5 Å². The van der Waals surface area contributed by atoms with Crippen molar-refractivity contribution in [3.63, 3.8) is 0 Å². The predicted molar refractivity (Wildman–Crippen MR) is 73.3 cm³/mol. The first kappa shape index (κ1) is 14.9. The molecule has 1 aliphatic heterocycles. The van der Waals surface area contributed by atoms with Crippen LogP contribution in [0.1, 0.15) is 31.6 Å². The number of piperidine rings is 1. The van der Waals surface area contributed by atoms with Crippen LogP contribution >= 0.6 is 0 Å². The van der Waals surface area contributed by atoms with Gasteiger partial charge in [0.15, 0.2) is 0 Å². The summed E-state index contributed by atoms with van der Waals surface area (Å²) >= 11 is 0. The molecule has 1 aromatic rings. The van der Waals surface area contributed by atoms with E-state index in [0.717, 1.165) is 18.6 Å². The Balaban J connectivity index is 1.80. The highest BCUT2D eigenvalue weighted by molar-refractivity contribution is 5.67. The summed E-state index contributed by atoms with van der Waals surface area (Å²) in [5, 5.41) is 12.8. The van der Waals surface area contributed by atoms with Crippen LogP contribution in [0.3, 0.4) is 0 Å². The van der Waals surface area contributed by atoms with Crippen molar-refractivity contribution in [1.29, 1.82) is 0 Å². The van der Waals surface area contributed by atoms with Gasteiger partial charge in [-0.05, 0) is 31.9 Å². The fourth-order valence-electron chi connectivity index (χ4n) is 2.44. The lowest BCUT2D eigenvalue weighted by atomic mass is 10.0. The second kappa shape index (κ2) is 7.31. The van der Waals surface area contributed by atoms with Gasteiger partial charge in [0, 0.05) is 19.1 Å². The minimum atomic E-state index is -0.240. The molecule has 1 aromatic heterocycles. The standard InChI is InChI=1S/C14H22N2O4/c1-2-19-14(18)16-7-5-11(6-8-16)15-12(10-17)13-4-3-9-20-13/h3-4,9,11-12,15,17H,2,5-8,10H2,1H3. The lowest BCUT2D eigenvalue weighted by Gasteiger charge is -2.33. The van der Waals surface area contributed by atoms with Crippen molar-refractivity contribution in [3.8, 4) is 0 Å². The van der Waals surface area contributed by atoms with E-state index in [2.05, 4.69) is 5.32 Å². The molecule has 0 aromatic carbocycles. The molecule has 0 spiro atoms. The fourth-order valence-corrected chi connectivity index (χ4v) is 2.44. The summed E-state index contributed by atoms with van der Waals surface area (Å²) in [4.78, 5) is 13.3. The molecule has 1 saturated heterocycles. The highest BCUT2D eigenvalue weighted by atomic mass is 16.6. The van der Waals surface area contributed by atoms with Crippen molar-refractivity contribution in [2.24, 2.45) is 0 Å². The number of nitrogens with zero attached hydrogens (tertiary/aromatic N) is 1. The molecule has 2 N–H and O–H groups in total. The molecule has 0 saturated carbocycles. The van der Waals surface area contributed by atoms with Crippen LogP contribution in [0.15, 0.2) is 22.8 Å². The molecule has 1 aliphatic rings. The summed E-state index contributed by atoms with van der Waals surface area (Å²) in [6.45, 7) is 3.55. The quantitative estimate of drug-likeness (QED) is 0.856. The second-order valence-corrected chi connectivity index (χ2v) is 4.88. The monoisotopic (exact) mass is 282 g/mol. The Labute approximate surface area is 118 Å². The SMILES string of the molecule is CCOC(=O)N1CCC(NC(CO)c2ccco2)CC1. The predicted octanol–water partition coefficient (Wildman–Crippen LogP) is 1.52. The number of likely N-dealkylation sites (tertiary alicyclic amines) is 1. The molecule has 6 heteroatoms. The Morgan fingerprint density at radius 2 is 2.35 bits per heavy atom. The van der Waals surface area contributed by atoms with E-state index in [-0.39, 0.29) is 24.8 Å². The second-order valence-electron chi connectivity index (χ2n) is 4.88. The Bertz CT molecular complexity index is 399.